The van der Waals surface area contributed by atoms with Crippen molar-refractivity contribution in [3.05, 3.63) is 18.1 Å². The first-order chi connectivity index (χ1) is 9.22. The molecule has 0 radical (unpaired) electrons. The molecule has 0 saturated heterocycles. The average Bonchev–Trinajstić information content (AvgIpc) is 2.43. The van der Waals surface area contributed by atoms with Gasteiger partial charge in [0.15, 0.2) is 0 Å². The number of unbranched alkanes of at least 4 members (excludes halogenated alkanes) is 1. The third kappa shape index (κ3) is 4.97. The fourth-order valence-electron chi connectivity index (χ4n) is 1.93. The number of anilines is 1. The number of carbonyl (C=O) groups is 1. The lowest BCUT2D eigenvalue weighted by atomic mass is 10.2. The molecule has 4 heteroatoms. The Morgan fingerprint density at radius 1 is 1.21 bits per heavy atom. The molecule has 1 amide bonds. The first-order valence-corrected chi connectivity index (χ1v) is 7.35. The van der Waals surface area contributed by atoms with Gasteiger partial charge in [0, 0.05) is 25.6 Å². The molecule has 1 aromatic rings. The van der Waals surface area contributed by atoms with Crippen LogP contribution in [0, 0.1) is 0 Å². The molecule has 19 heavy (non-hydrogen) atoms. The number of aromatic nitrogens is 2. The van der Waals surface area contributed by atoms with Gasteiger partial charge in [-0.3, -0.25) is 9.69 Å². The van der Waals surface area contributed by atoms with E-state index in [9.17, 15) is 4.79 Å². The highest BCUT2D eigenvalue weighted by Gasteiger charge is 2.15. The van der Waals surface area contributed by atoms with Crippen molar-refractivity contribution >= 4 is 11.7 Å². The van der Waals surface area contributed by atoms with Gasteiger partial charge in [-0.25, -0.2) is 9.97 Å². The van der Waals surface area contributed by atoms with E-state index >= 15 is 0 Å². The summed E-state index contributed by atoms with van der Waals surface area (Å²) < 4.78 is 0. The number of nitrogens with zero attached hydrogens (tertiary/aromatic N) is 3. The molecule has 0 aliphatic carbocycles. The molecule has 1 aromatic heterocycles. The van der Waals surface area contributed by atoms with Gasteiger partial charge in [-0.2, -0.15) is 0 Å². The number of carbonyl (C=O) groups excluding carboxylic acids is 1. The molecule has 0 saturated carbocycles. The van der Waals surface area contributed by atoms with Gasteiger partial charge in [0.05, 0.1) is 0 Å². The minimum absolute atomic E-state index is 0.157. The summed E-state index contributed by atoms with van der Waals surface area (Å²) in [6.07, 6.45) is 7.23. The van der Waals surface area contributed by atoms with Crippen LogP contribution in [-0.2, 0) is 11.2 Å². The molecule has 0 spiro atoms. The second-order valence-corrected chi connectivity index (χ2v) is 4.73. The third-order valence-corrected chi connectivity index (χ3v) is 2.93. The topological polar surface area (TPSA) is 46.1 Å². The zero-order valence-electron chi connectivity index (χ0n) is 12.4. The van der Waals surface area contributed by atoms with Gasteiger partial charge in [-0.15, -0.1) is 0 Å². The lowest BCUT2D eigenvalue weighted by molar-refractivity contribution is -0.118. The Bertz CT molecular complexity index is 393. The van der Waals surface area contributed by atoms with Gasteiger partial charge in [-0.05, 0) is 25.3 Å². The Hall–Kier alpha value is -1.45. The van der Waals surface area contributed by atoms with E-state index in [0.717, 1.165) is 50.3 Å². The second kappa shape index (κ2) is 8.62. The lowest BCUT2D eigenvalue weighted by Gasteiger charge is -2.21. The summed E-state index contributed by atoms with van der Waals surface area (Å²) in [5, 5.41) is 0. The van der Waals surface area contributed by atoms with Crippen LogP contribution in [0.15, 0.2) is 12.3 Å². The van der Waals surface area contributed by atoms with Crippen LogP contribution in [0.25, 0.3) is 0 Å². The van der Waals surface area contributed by atoms with E-state index in [0.29, 0.717) is 6.42 Å². The van der Waals surface area contributed by atoms with Crippen molar-refractivity contribution in [1.29, 1.82) is 0 Å². The standard InChI is InChI=1S/C15H25N3O/c1-4-7-9-13-16-11-10-14(17-13)18(12-6-3)15(19)8-5-2/h10-11H,4-9,12H2,1-3H3. The average molecular weight is 263 g/mol. The van der Waals surface area contributed by atoms with E-state index in [2.05, 4.69) is 23.8 Å². The van der Waals surface area contributed by atoms with Gasteiger partial charge in [0.25, 0.3) is 0 Å². The molecular formula is C15H25N3O. The molecule has 0 aliphatic heterocycles. The van der Waals surface area contributed by atoms with Gasteiger partial charge in [0.2, 0.25) is 5.91 Å². The molecule has 0 unspecified atom stereocenters. The van der Waals surface area contributed by atoms with E-state index in [1.54, 1.807) is 11.1 Å². The second-order valence-electron chi connectivity index (χ2n) is 4.73. The van der Waals surface area contributed by atoms with Crippen LogP contribution in [0.2, 0.25) is 0 Å². The first-order valence-electron chi connectivity index (χ1n) is 7.35. The summed E-state index contributed by atoms with van der Waals surface area (Å²) in [5.74, 6) is 1.75. The van der Waals surface area contributed by atoms with Crippen molar-refractivity contribution in [3.8, 4) is 0 Å². The highest BCUT2D eigenvalue weighted by atomic mass is 16.2. The Morgan fingerprint density at radius 3 is 2.63 bits per heavy atom. The Labute approximate surface area is 116 Å². The van der Waals surface area contributed by atoms with Crippen molar-refractivity contribution in [2.75, 3.05) is 11.4 Å². The smallest absolute Gasteiger partial charge is 0.228 e. The normalized spacial score (nSPS) is 10.5. The SMILES string of the molecule is CCCCc1nccc(N(CCC)C(=O)CCC)n1. The van der Waals surface area contributed by atoms with Gasteiger partial charge < -0.3 is 0 Å². The summed E-state index contributed by atoms with van der Waals surface area (Å²) in [6.45, 7) is 6.97. The van der Waals surface area contributed by atoms with Crippen LogP contribution < -0.4 is 4.90 Å². The van der Waals surface area contributed by atoms with E-state index < -0.39 is 0 Å². The van der Waals surface area contributed by atoms with E-state index in [1.165, 1.54) is 0 Å². The Morgan fingerprint density at radius 2 is 2.00 bits per heavy atom. The van der Waals surface area contributed by atoms with Crippen LogP contribution in [0.4, 0.5) is 5.82 Å². The van der Waals surface area contributed by atoms with Crippen molar-refractivity contribution in [2.24, 2.45) is 0 Å². The summed E-state index contributed by atoms with van der Waals surface area (Å²) in [7, 11) is 0. The number of aryl methyl sites for hydroxylation is 1. The molecule has 1 heterocycles. The molecule has 0 aliphatic rings. The van der Waals surface area contributed by atoms with E-state index in [1.807, 2.05) is 13.0 Å². The molecule has 0 bridgehead atoms. The van der Waals surface area contributed by atoms with Crippen LogP contribution in [0.3, 0.4) is 0 Å². The quantitative estimate of drug-likeness (QED) is 0.722. The fraction of sp³-hybridized carbons (Fsp3) is 0.667. The van der Waals surface area contributed by atoms with Crippen LogP contribution in [0.5, 0.6) is 0 Å². The maximum Gasteiger partial charge on any atom is 0.228 e. The largest absolute Gasteiger partial charge is 0.297 e. The summed E-state index contributed by atoms with van der Waals surface area (Å²) in [6, 6.07) is 1.83. The molecule has 4 nitrogen and oxygen atoms in total. The minimum Gasteiger partial charge on any atom is -0.297 e. The predicted octanol–water partition coefficient (Wildman–Crippen LogP) is 3.36. The van der Waals surface area contributed by atoms with Crippen LogP contribution >= 0.6 is 0 Å². The highest BCUT2D eigenvalue weighted by Crippen LogP contribution is 2.14. The van der Waals surface area contributed by atoms with Crippen molar-refractivity contribution < 1.29 is 4.79 Å². The predicted molar refractivity (Wildman–Crippen MR) is 78.2 cm³/mol. The van der Waals surface area contributed by atoms with Crippen LogP contribution in [-0.4, -0.2) is 22.4 Å². The number of rotatable bonds is 8. The fourth-order valence-corrected chi connectivity index (χ4v) is 1.93. The van der Waals surface area contributed by atoms with Crippen molar-refractivity contribution in [2.45, 2.75) is 59.3 Å². The number of amides is 1. The molecule has 106 valence electrons. The molecular weight excluding hydrogens is 238 g/mol. The van der Waals surface area contributed by atoms with Gasteiger partial charge in [-0.1, -0.05) is 27.2 Å². The summed E-state index contributed by atoms with van der Waals surface area (Å²) in [5.41, 5.74) is 0. The summed E-state index contributed by atoms with van der Waals surface area (Å²) in [4.78, 5) is 22.7. The Kier molecular flexibility index (Phi) is 7.08. The zero-order chi connectivity index (χ0) is 14.1. The van der Waals surface area contributed by atoms with Crippen molar-refractivity contribution in [1.82, 2.24) is 9.97 Å². The maximum atomic E-state index is 12.1. The molecule has 0 aromatic carbocycles. The first kappa shape index (κ1) is 15.6. The third-order valence-electron chi connectivity index (χ3n) is 2.93. The highest BCUT2D eigenvalue weighted by molar-refractivity contribution is 5.92. The van der Waals surface area contributed by atoms with Crippen LogP contribution in [0.1, 0.15) is 58.7 Å². The lowest BCUT2D eigenvalue weighted by Crippen LogP contribution is -2.32. The monoisotopic (exact) mass is 263 g/mol. The van der Waals surface area contributed by atoms with Gasteiger partial charge in [0.1, 0.15) is 11.6 Å². The minimum atomic E-state index is 0.157. The maximum absolute atomic E-state index is 12.1. The van der Waals surface area contributed by atoms with E-state index in [4.69, 9.17) is 0 Å². The van der Waals surface area contributed by atoms with Crippen molar-refractivity contribution in [3.63, 3.8) is 0 Å². The molecule has 0 N–H and O–H groups in total. The summed E-state index contributed by atoms with van der Waals surface area (Å²) >= 11 is 0. The molecule has 1 rings (SSSR count). The van der Waals surface area contributed by atoms with Gasteiger partial charge >= 0.3 is 0 Å². The molecule has 0 atom stereocenters. The number of hydrogen-bond donors (Lipinski definition) is 0. The molecule has 0 fully saturated rings. The zero-order valence-corrected chi connectivity index (χ0v) is 12.4. The van der Waals surface area contributed by atoms with E-state index in [-0.39, 0.29) is 5.91 Å². The number of hydrogen-bond acceptors (Lipinski definition) is 3. The Balaban J connectivity index is 2.85.